The zero-order chi connectivity index (χ0) is 18.1. The van der Waals surface area contributed by atoms with Crippen LogP contribution in [0.2, 0.25) is 0 Å². The standard InChI is InChI=1S/C15H16N2O5S2/c1-8-5-6-11(13(9(8)2)22-10(3)18)14(19)17-15-16-12(7-23-15)24(4,20)21/h5-7H,1-4H3,(H,16,17,19). The molecule has 1 N–H and O–H groups in total. The van der Waals surface area contributed by atoms with E-state index in [9.17, 15) is 18.0 Å². The van der Waals surface area contributed by atoms with Gasteiger partial charge in [-0.3, -0.25) is 14.9 Å². The van der Waals surface area contributed by atoms with Gasteiger partial charge in [0, 0.05) is 18.6 Å². The molecule has 1 heterocycles. The van der Waals surface area contributed by atoms with Crippen molar-refractivity contribution in [3.63, 3.8) is 0 Å². The maximum absolute atomic E-state index is 12.5. The third kappa shape index (κ3) is 3.98. The maximum atomic E-state index is 12.5. The lowest BCUT2D eigenvalue weighted by molar-refractivity contribution is -0.131. The van der Waals surface area contributed by atoms with E-state index in [1.807, 2.05) is 6.92 Å². The number of hydrogen-bond acceptors (Lipinski definition) is 7. The van der Waals surface area contributed by atoms with Crippen LogP contribution in [0.15, 0.2) is 22.5 Å². The van der Waals surface area contributed by atoms with Crippen LogP contribution < -0.4 is 10.1 Å². The number of nitrogens with zero attached hydrogens (tertiary/aromatic N) is 1. The largest absolute Gasteiger partial charge is 0.426 e. The van der Waals surface area contributed by atoms with Crippen molar-refractivity contribution in [2.45, 2.75) is 25.8 Å². The minimum Gasteiger partial charge on any atom is -0.426 e. The molecule has 0 saturated heterocycles. The van der Waals surface area contributed by atoms with Gasteiger partial charge in [0.05, 0.1) is 5.56 Å². The first-order valence-corrected chi connectivity index (χ1v) is 9.62. The number of aromatic nitrogens is 1. The topological polar surface area (TPSA) is 102 Å². The van der Waals surface area contributed by atoms with Crippen LogP contribution in [0.5, 0.6) is 5.75 Å². The Bertz CT molecular complexity index is 916. The van der Waals surface area contributed by atoms with Gasteiger partial charge >= 0.3 is 5.97 Å². The SMILES string of the molecule is CC(=O)Oc1c(C(=O)Nc2nc(S(C)(=O)=O)cs2)ccc(C)c1C. The van der Waals surface area contributed by atoms with Gasteiger partial charge in [0.1, 0.15) is 5.75 Å². The van der Waals surface area contributed by atoms with Crippen molar-refractivity contribution in [2.75, 3.05) is 11.6 Å². The van der Waals surface area contributed by atoms with E-state index in [0.717, 1.165) is 23.2 Å². The normalized spacial score (nSPS) is 11.2. The lowest BCUT2D eigenvalue weighted by Gasteiger charge is -2.13. The third-order valence-electron chi connectivity index (χ3n) is 3.25. The van der Waals surface area contributed by atoms with Crippen LogP contribution in [0, 0.1) is 13.8 Å². The van der Waals surface area contributed by atoms with Crippen molar-refractivity contribution < 1.29 is 22.7 Å². The quantitative estimate of drug-likeness (QED) is 0.656. The van der Waals surface area contributed by atoms with Gasteiger partial charge in [-0.25, -0.2) is 13.4 Å². The monoisotopic (exact) mass is 368 g/mol. The first-order valence-electron chi connectivity index (χ1n) is 6.85. The Morgan fingerprint density at radius 2 is 1.92 bits per heavy atom. The van der Waals surface area contributed by atoms with Gasteiger partial charge in [0.25, 0.3) is 5.91 Å². The number of carbonyl (C=O) groups is 2. The summed E-state index contributed by atoms with van der Waals surface area (Å²) in [4.78, 5) is 27.6. The van der Waals surface area contributed by atoms with Crippen LogP contribution in [0.4, 0.5) is 5.13 Å². The summed E-state index contributed by atoms with van der Waals surface area (Å²) in [5.74, 6) is -0.894. The number of thiazole rings is 1. The molecular formula is C15H16N2O5S2. The van der Waals surface area contributed by atoms with Crippen molar-refractivity contribution in [2.24, 2.45) is 0 Å². The van der Waals surface area contributed by atoms with E-state index in [-0.39, 0.29) is 21.5 Å². The summed E-state index contributed by atoms with van der Waals surface area (Å²) < 4.78 is 28.0. The molecule has 0 aliphatic heterocycles. The van der Waals surface area contributed by atoms with E-state index in [1.165, 1.54) is 12.3 Å². The summed E-state index contributed by atoms with van der Waals surface area (Å²) >= 11 is 0.997. The van der Waals surface area contributed by atoms with Crippen LogP contribution in [0.1, 0.15) is 28.4 Å². The fourth-order valence-corrected chi connectivity index (χ4v) is 3.62. The van der Waals surface area contributed by atoms with Crippen molar-refractivity contribution in [1.29, 1.82) is 0 Å². The Hall–Kier alpha value is -2.26. The highest BCUT2D eigenvalue weighted by Gasteiger charge is 2.20. The Balaban J connectivity index is 2.35. The molecule has 128 valence electrons. The molecule has 2 aromatic rings. The van der Waals surface area contributed by atoms with Crippen molar-refractivity contribution >= 4 is 38.2 Å². The second-order valence-electron chi connectivity index (χ2n) is 5.19. The first-order chi connectivity index (χ1) is 11.1. The summed E-state index contributed by atoms with van der Waals surface area (Å²) in [5.41, 5.74) is 1.72. The summed E-state index contributed by atoms with van der Waals surface area (Å²) in [5, 5.41) is 3.91. The molecule has 1 aromatic heterocycles. The van der Waals surface area contributed by atoms with Gasteiger partial charge in [0.15, 0.2) is 20.0 Å². The molecule has 0 spiro atoms. The average Bonchev–Trinajstić information content (AvgIpc) is 2.92. The van der Waals surface area contributed by atoms with Gasteiger partial charge in [-0.1, -0.05) is 6.07 Å². The van der Waals surface area contributed by atoms with E-state index in [2.05, 4.69) is 10.3 Å². The zero-order valence-electron chi connectivity index (χ0n) is 13.5. The van der Waals surface area contributed by atoms with E-state index in [0.29, 0.717) is 5.56 Å². The Kier molecular flexibility index (Phi) is 5.05. The molecule has 0 saturated carbocycles. The fourth-order valence-electron chi connectivity index (χ4n) is 1.90. The second-order valence-corrected chi connectivity index (χ2v) is 8.02. The number of carbonyl (C=O) groups excluding carboxylic acids is 2. The molecule has 7 nitrogen and oxygen atoms in total. The van der Waals surface area contributed by atoms with Crippen molar-refractivity contribution in [3.8, 4) is 5.75 Å². The van der Waals surface area contributed by atoms with Crippen LogP contribution in [0.3, 0.4) is 0 Å². The van der Waals surface area contributed by atoms with Crippen molar-refractivity contribution in [3.05, 3.63) is 34.2 Å². The summed E-state index contributed by atoms with van der Waals surface area (Å²) in [6.45, 7) is 4.83. The molecule has 1 amide bonds. The number of benzene rings is 1. The Morgan fingerprint density at radius 1 is 1.25 bits per heavy atom. The van der Waals surface area contributed by atoms with Gasteiger partial charge in [-0.2, -0.15) is 0 Å². The Labute approximate surface area is 143 Å². The Morgan fingerprint density at radius 3 is 2.46 bits per heavy atom. The molecule has 2 rings (SSSR count). The number of esters is 1. The third-order valence-corrected chi connectivity index (χ3v) is 5.13. The molecule has 0 bridgehead atoms. The van der Waals surface area contributed by atoms with Gasteiger partial charge in [-0.15, -0.1) is 11.3 Å². The van der Waals surface area contributed by atoms with Crippen LogP contribution in [-0.2, 0) is 14.6 Å². The van der Waals surface area contributed by atoms with Crippen LogP contribution in [0.25, 0.3) is 0 Å². The highest BCUT2D eigenvalue weighted by atomic mass is 32.2. The molecule has 0 aliphatic rings. The van der Waals surface area contributed by atoms with Gasteiger partial charge in [-0.05, 0) is 31.0 Å². The van der Waals surface area contributed by atoms with Crippen LogP contribution >= 0.6 is 11.3 Å². The second kappa shape index (κ2) is 6.70. The van der Waals surface area contributed by atoms with E-state index >= 15 is 0 Å². The lowest BCUT2D eigenvalue weighted by Crippen LogP contribution is -2.16. The summed E-state index contributed by atoms with van der Waals surface area (Å²) in [7, 11) is -3.44. The predicted octanol–water partition coefficient (Wildman–Crippen LogP) is 2.34. The minimum absolute atomic E-state index is 0.108. The molecular weight excluding hydrogens is 352 g/mol. The molecule has 0 fully saturated rings. The number of sulfone groups is 1. The molecule has 24 heavy (non-hydrogen) atoms. The molecule has 0 unspecified atom stereocenters. The highest BCUT2D eigenvalue weighted by molar-refractivity contribution is 7.90. The molecule has 0 radical (unpaired) electrons. The summed E-state index contributed by atoms with van der Waals surface area (Å²) in [6, 6.07) is 3.28. The van der Waals surface area contributed by atoms with E-state index < -0.39 is 21.7 Å². The number of ether oxygens (including phenoxy) is 1. The van der Waals surface area contributed by atoms with E-state index in [4.69, 9.17) is 4.74 Å². The molecule has 0 atom stereocenters. The minimum atomic E-state index is -3.44. The molecule has 9 heteroatoms. The number of rotatable bonds is 4. The number of amides is 1. The van der Waals surface area contributed by atoms with E-state index in [1.54, 1.807) is 19.1 Å². The van der Waals surface area contributed by atoms with Crippen molar-refractivity contribution in [1.82, 2.24) is 4.98 Å². The molecule has 1 aromatic carbocycles. The van der Waals surface area contributed by atoms with Gasteiger partial charge < -0.3 is 4.74 Å². The number of aryl methyl sites for hydroxylation is 1. The smallest absolute Gasteiger partial charge is 0.308 e. The van der Waals surface area contributed by atoms with Crippen LogP contribution in [-0.4, -0.2) is 31.5 Å². The van der Waals surface area contributed by atoms with Gasteiger partial charge in [0.2, 0.25) is 0 Å². The maximum Gasteiger partial charge on any atom is 0.308 e. The first kappa shape index (κ1) is 18.1. The highest BCUT2D eigenvalue weighted by Crippen LogP contribution is 2.28. The average molecular weight is 368 g/mol. The zero-order valence-corrected chi connectivity index (χ0v) is 15.2. The lowest BCUT2D eigenvalue weighted by atomic mass is 10.0. The number of nitrogens with one attached hydrogen (secondary N) is 1. The predicted molar refractivity (Wildman–Crippen MR) is 90.4 cm³/mol. The molecule has 0 aliphatic carbocycles. The number of anilines is 1. The number of hydrogen-bond donors (Lipinski definition) is 1. The summed E-state index contributed by atoms with van der Waals surface area (Å²) in [6.07, 6.45) is 1.04. The fraction of sp³-hybridized carbons (Fsp3) is 0.267.